The van der Waals surface area contributed by atoms with E-state index in [1.165, 1.54) is 0 Å². The minimum Gasteiger partial charge on any atom is -0.393 e. The molecule has 0 fully saturated rings. The second-order valence-electron chi connectivity index (χ2n) is 3.67. The van der Waals surface area contributed by atoms with Crippen molar-refractivity contribution < 1.29 is 13.5 Å². The minimum atomic E-state index is -2.86. The first-order valence-corrected chi connectivity index (χ1v) is 8.60. The molecule has 0 saturated heterocycles. The van der Waals surface area contributed by atoms with Crippen LogP contribution in [0.25, 0.3) is 0 Å². The van der Waals surface area contributed by atoms with Gasteiger partial charge in [0.05, 0.1) is 11.9 Å². The van der Waals surface area contributed by atoms with E-state index in [1.54, 1.807) is 18.7 Å². The van der Waals surface area contributed by atoms with E-state index in [4.69, 9.17) is 0 Å². The maximum absolute atomic E-state index is 11.2. The summed E-state index contributed by atoms with van der Waals surface area (Å²) in [7, 11) is -2.86. The number of aliphatic hydroxyl groups is 1. The van der Waals surface area contributed by atoms with Gasteiger partial charge in [0.1, 0.15) is 9.84 Å². The van der Waals surface area contributed by atoms with Gasteiger partial charge in [-0.3, -0.25) is 0 Å². The smallest absolute Gasteiger partial charge is 0.150 e. The number of hydrogen-bond acceptors (Lipinski definition) is 4. The summed E-state index contributed by atoms with van der Waals surface area (Å²) >= 11 is 1.77. The Balaban J connectivity index is 3.50. The lowest BCUT2D eigenvalue weighted by molar-refractivity contribution is 0.153. The van der Waals surface area contributed by atoms with Crippen LogP contribution < -0.4 is 0 Å². The number of aliphatic hydroxyl groups excluding tert-OH is 1. The van der Waals surface area contributed by atoms with Gasteiger partial charge in [-0.1, -0.05) is 6.92 Å². The highest BCUT2D eigenvalue weighted by atomic mass is 32.2. The van der Waals surface area contributed by atoms with Crippen LogP contribution in [0.2, 0.25) is 0 Å². The van der Waals surface area contributed by atoms with Crippen LogP contribution in [-0.2, 0) is 9.84 Å². The van der Waals surface area contributed by atoms with E-state index in [1.807, 2.05) is 6.26 Å². The average molecular weight is 254 g/mol. The fourth-order valence-electron chi connectivity index (χ4n) is 1.29. The molecule has 0 aromatic rings. The summed E-state index contributed by atoms with van der Waals surface area (Å²) in [5, 5.41) is 9.54. The number of thioether (sulfide) groups is 1. The Morgan fingerprint density at radius 2 is 1.87 bits per heavy atom. The largest absolute Gasteiger partial charge is 0.393 e. The summed E-state index contributed by atoms with van der Waals surface area (Å²) in [6.45, 7) is 1.66. The molecule has 0 aliphatic carbocycles. The molecular formula is C10H22O3S2. The van der Waals surface area contributed by atoms with Crippen LogP contribution in [0.5, 0.6) is 0 Å². The molecule has 0 amide bonds. The molecule has 0 heterocycles. The van der Waals surface area contributed by atoms with Gasteiger partial charge in [0.25, 0.3) is 0 Å². The van der Waals surface area contributed by atoms with Gasteiger partial charge in [0, 0.05) is 5.75 Å². The molecule has 0 aliphatic rings. The number of rotatable bonds is 9. The average Bonchev–Trinajstić information content (AvgIpc) is 2.18. The van der Waals surface area contributed by atoms with Crippen molar-refractivity contribution in [2.45, 2.75) is 38.7 Å². The van der Waals surface area contributed by atoms with E-state index in [-0.39, 0.29) is 17.6 Å². The summed E-state index contributed by atoms with van der Waals surface area (Å²) in [4.78, 5) is 0. The van der Waals surface area contributed by atoms with Gasteiger partial charge < -0.3 is 5.11 Å². The molecule has 0 rings (SSSR count). The molecule has 1 N–H and O–H groups in total. The van der Waals surface area contributed by atoms with Crippen LogP contribution in [0.3, 0.4) is 0 Å². The van der Waals surface area contributed by atoms with Gasteiger partial charge in [0.15, 0.2) is 0 Å². The van der Waals surface area contributed by atoms with Gasteiger partial charge in [-0.25, -0.2) is 8.42 Å². The third-order valence-corrected chi connectivity index (χ3v) is 4.81. The third-order valence-electron chi connectivity index (χ3n) is 2.32. The van der Waals surface area contributed by atoms with Gasteiger partial charge in [-0.2, -0.15) is 11.8 Å². The third kappa shape index (κ3) is 9.20. The van der Waals surface area contributed by atoms with Gasteiger partial charge in [0.2, 0.25) is 0 Å². The van der Waals surface area contributed by atoms with E-state index < -0.39 is 9.84 Å². The molecule has 0 aromatic heterocycles. The second kappa shape index (κ2) is 8.42. The van der Waals surface area contributed by atoms with E-state index in [0.29, 0.717) is 12.8 Å². The minimum absolute atomic E-state index is 0.204. The summed E-state index contributed by atoms with van der Waals surface area (Å²) in [6.07, 6.45) is 4.68. The number of sulfone groups is 1. The summed E-state index contributed by atoms with van der Waals surface area (Å²) < 4.78 is 22.3. The Bertz CT molecular complexity index is 237. The molecule has 0 aromatic carbocycles. The van der Waals surface area contributed by atoms with Gasteiger partial charge >= 0.3 is 0 Å². The zero-order valence-corrected chi connectivity index (χ0v) is 11.2. The molecule has 0 spiro atoms. The van der Waals surface area contributed by atoms with E-state index in [2.05, 4.69) is 0 Å². The van der Waals surface area contributed by atoms with Crippen LogP contribution in [0.4, 0.5) is 0 Å². The highest BCUT2D eigenvalue weighted by Gasteiger charge is 2.09. The maximum Gasteiger partial charge on any atom is 0.150 e. The van der Waals surface area contributed by atoms with Crippen LogP contribution in [0.1, 0.15) is 32.6 Å². The first-order valence-electron chi connectivity index (χ1n) is 5.39. The first-order chi connectivity index (χ1) is 7.02. The van der Waals surface area contributed by atoms with Crippen molar-refractivity contribution in [1.29, 1.82) is 0 Å². The Labute approximate surface area is 97.6 Å². The Kier molecular flexibility index (Phi) is 8.56. The zero-order valence-electron chi connectivity index (χ0n) is 9.61. The van der Waals surface area contributed by atoms with Crippen molar-refractivity contribution in [3.8, 4) is 0 Å². The quantitative estimate of drug-likeness (QED) is 0.636. The predicted octanol–water partition coefficient (Wildman–Crippen LogP) is 1.71. The Morgan fingerprint density at radius 1 is 1.27 bits per heavy atom. The number of hydrogen-bond donors (Lipinski definition) is 1. The maximum atomic E-state index is 11.2. The van der Waals surface area contributed by atoms with Crippen molar-refractivity contribution >= 4 is 21.6 Å². The Hall–Kier alpha value is 0.260. The molecule has 92 valence electrons. The zero-order chi connectivity index (χ0) is 11.7. The molecule has 1 unspecified atom stereocenters. The fourth-order valence-corrected chi connectivity index (χ4v) is 2.64. The lowest BCUT2D eigenvalue weighted by Crippen LogP contribution is -2.13. The summed E-state index contributed by atoms with van der Waals surface area (Å²) in [6, 6.07) is 0. The van der Waals surface area contributed by atoms with Crippen LogP contribution >= 0.6 is 11.8 Å². The van der Waals surface area contributed by atoms with Gasteiger partial charge in [-0.05, 0) is 37.7 Å². The van der Waals surface area contributed by atoms with Crippen LogP contribution in [-0.4, -0.2) is 43.1 Å². The second-order valence-corrected chi connectivity index (χ2v) is 7.13. The molecule has 5 heteroatoms. The normalized spacial score (nSPS) is 14.1. The molecule has 0 saturated carbocycles. The highest BCUT2D eigenvalue weighted by Crippen LogP contribution is 2.08. The van der Waals surface area contributed by atoms with E-state index in [9.17, 15) is 13.5 Å². The monoisotopic (exact) mass is 254 g/mol. The first kappa shape index (κ1) is 15.3. The van der Waals surface area contributed by atoms with E-state index >= 15 is 0 Å². The highest BCUT2D eigenvalue weighted by molar-refractivity contribution is 7.98. The van der Waals surface area contributed by atoms with Gasteiger partial charge in [-0.15, -0.1) is 0 Å². The molecule has 0 aliphatic heterocycles. The molecular weight excluding hydrogens is 232 g/mol. The standard InChI is InChI=1S/C10H22O3S2/c1-3-15(12,13)9-5-7-10(11)6-4-8-14-2/h10-11H,3-9H2,1-2H3. The predicted molar refractivity (Wildman–Crippen MR) is 67.2 cm³/mol. The van der Waals surface area contributed by atoms with Crippen LogP contribution in [0, 0.1) is 0 Å². The van der Waals surface area contributed by atoms with Crippen molar-refractivity contribution in [3.05, 3.63) is 0 Å². The van der Waals surface area contributed by atoms with Crippen molar-refractivity contribution in [2.24, 2.45) is 0 Å². The fraction of sp³-hybridized carbons (Fsp3) is 1.00. The van der Waals surface area contributed by atoms with Crippen LogP contribution in [0.15, 0.2) is 0 Å². The SMILES string of the molecule is CCS(=O)(=O)CCCC(O)CCCSC. The molecule has 3 nitrogen and oxygen atoms in total. The van der Waals surface area contributed by atoms with Crippen molar-refractivity contribution in [1.82, 2.24) is 0 Å². The Morgan fingerprint density at radius 3 is 2.40 bits per heavy atom. The molecule has 15 heavy (non-hydrogen) atoms. The topological polar surface area (TPSA) is 54.4 Å². The lowest BCUT2D eigenvalue weighted by atomic mass is 10.1. The van der Waals surface area contributed by atoms with Crippen molar-refractivity contribution in [3.63, 3.8) is 0 Å². The van der Waals surface area contributed by atoms with Crippen molar-refractivity contribution in [2.75, 3.05) is 23.5 Å². The summed E-state index contributed by atoms with van der Waals surface area (Å²) in [5.41, 5.74) is 0. The summed E-state index contributed by atoms with van der Waals surface area (Å²) in [5.74, 6) is 1.48. The molecule has 1 atom stereocenters. The molecule has 0 radical (unpaired) electrons. The lowest BCUT2D eigenvalue weighted by Gasteiger charge is -2.09. The molecule has 0 bridgehead atoms. The van der Waals surface area contributed by atoms with E-state index in [0.717, 1.165) is 18.6 Å².